The minimum atomic E-state index is -1.04. The van der Waals surface area contributed by atoms with Crippen molar-refractivity contribution in [2.24, 2.45) is 7.05 Å². The van der Waals surface area contributed by atoms with E-state index in [4.69, 9.17) is 11.6 Å². The number of halogens is 1. The Morgan fingerprint density at radius 3 is 2.59 bits per heavy atom. The fraction of sp³-hybridized carbons (Fsp3) is 0.238. The van der Waals surface area contributed by atoms with Gasteiger partial charge in [0.25, 0.3) is 0 Å². The summed E-state index contributed by atoms with van der Waals surface area (Å²) in [6, 6.07) is 12.8. The molecule has 140 valence electrons. The van der Waals surface area contributed by atoms with Crippen LogP contribution >= 0.6 is 11.6 Å². The molecular formula is C21H22ClN3O2. The highest BCUT2D eigenvalue weighted by atomic mass is 35.5. The quantitative estimate of drug-likeness (QED) is 0.695. The zero-order chi connectivity index (χ0) is 19.6. The molecule has 0 spiro atoms. The number of rotatable bonds is 5. The largest absolute Gasteiger partial charge is 0.386 e. The van der Waals surface area contributed by atoms with E-state index in [-0.39, 0.29) is 12.3 Å². The summed E-state index contributed by atoms with van der Waals surface area (Å²) in [5, 5.41) is 18.1. The molecule has 0 saturated heterocycles. The van der Waals surface area contributed by atoms with Crippen molar-refractivity contribution in [3.05, 3.63) is 71.0 Å². The molecule has 0 unspecified atom stereocenters. The van der Waals surface area contributed by atoms with Gasteiger partial charge in [0, 0.05) is 29.5 Å². The van der Waals surface area contributed by atoms with Gasteiger partial charge in [0.2, 0.25) is 5.91 Å². The van der Waals surface area contributed by atoms with E-state index in [0.717, 1.165) is 16.7 Å². The average molecular weight is 384 g/mol. The van der Waals surface area contributed by atoms with E-state index in [0.29, 0.717) is 16.3 Å². The predicted octanol–water partition coefficient (Wildman–Crippen LogP) is 4.15. The van der Waals surface area contributed by atoms with Crippen molar-refractivity contribution in [3.63, 3.8) is 0 Å². The Labute approximate surface area is 163 Å². The van der Waals surface area contributed by atoms with E-state index in [9.17, 15) is 9.90 Å². The maximum absolute atomic E-state index is 12.5. The van der Waals surface area contributed by atoms with Gasteiger partial charge in [-0.1, -0.05) is 29.8 Å². The lowest BCUT2D eigenvalue weighted by molar-refractivity contribution is -0.115. The standard InChI is InChI=1S/C21H22ClN3O2/c1-21(2,27)17-8-15(16-12-23-25(3)13-16)9-18(11-17)24-20(26)10-14-6-4-5-7-19(14)22/h4-9,11-13,27H,10H2,1-3H3,(H,24,26). The van der Waals surface area contributed by atoms with E-state index in [1.807, 2.05) is 43.6 Å². The molecule has 0 fully saturated rings. The third kappa shape index (κ3) is 4.76. The number of carbonyl (C=O) groups is 1. The Kier molecular flexibility index (Phi) is 5.35. The molecule has 1 heterocycles. The molecule has 1 aromatic heterocycles. The normalized spacial score (nSPS) is 11.4. The highest BCUT2D eigenvalue weighted by Gasteiger charge is 2.19. The highest BCUT2D eigenvalue weighted by molar-refractivity contribution is 6.31. The molecule has 0 bridgehead atoms. The van der Waals surface area contributed by atoms with Crippen molar-refractivity contribution < 1.29 is 9.90 Å². The monoisotopic (exact) mass is 383 g/mol. The maximum Gasteiger partial charge on any atom is 0.228 e. The van der Waals surface area contributed by atoms with Crippen LogP contribution < -0.4 is 5.32 Å². The maximum atomic E-state index is 12.5. The van der Waals surface area contributed by atoms with Crippen molar-refractivity contribution in [1.82, 2.24) is 9.78 Å². The van der Waals surface area contributed by atoms with Crippen LogP contribution in [0, 0.1) is 0 Å². The Balaban J connectivity index is 1.90. The highest BCUT2D eigenvalue weighted by Crippen LogP contribution is 2.30. The van der Waals surface area contributed by atoms with Gasteiger partial charge in [0.15, 0.2) is 0 Å². The van der Waals surface area contributed by atoms with E-state index in [1.54, 1.807) is 36.9 Å². The number of amides is 1. The third-order valence-electron chi connectivity index (χ3n) is 4.27. The van der Waals surface area contributed by atoms with E-state index in [1.165, 1.54) is 0 Å². The molecule has 2 aromatic carbocycles. The first kappa shape index (κ1) is 19.1. The Morgan fingerprint density at radius 1 is 1.22 bits per heavy atom. The van der Waals surface area contributed by atoms with Crippen molar-refractivity contribution in [1.29, 1.82) is 0 Å². The molecule has 6 heteroatoms. The second-order valence-corrected chi connectivity index (χ2v) is 7.48. The number of nitrogens with one attached hydrogen (secondary N) is 1. The van der Waals surface area contributed by atoms with Crippen LogP contribution in [0.5, 0.6) is 0 Å². The minimum absolute atomic E-state index is 0.173. The second kappa shape index (κ2) is 7.55. The summed E-state index contributed by atoms with van der Waals surface area (Å²) in [4.78, 5) is 12.5. The van der Waals surface area contributed by atoms with Crippen LogP contribution in [0.4, 0.5) is 5.69 Å². The van der Waals surface area contributed by atoms with Crippen LogP contribution in [0.1, 0.15) is 25.0 Å². The average Bonchev–Trinajstić information content (AvgIpc) is 3.02. The van der Waals surface area contributed by atoms with Crippen molar-refractivity contribution in [2.45, 2.75) is 25.9 Å². The zero-order valence-corrected chi connectivity index (χ0v) is 16.3. The molecule has 0 atom stereocenters. The second-order valence-electron chi connectivity index (χ2n) is 7.08. The summed E-state index contributed by atoms with van der Waals surface area (Å²) in [6.07, 6.45) is 3.81. The first-order valence-electron chi connectivity index (χ1n) is 8.62. The van der Waals surface area contributed by atoms with Crippen LogP contribution in [0.3, 0.4) is 0 Å². The van der Waals surface area contributed by atoms with Crippen molar-refractivity contribution >= 4 is 23.2 Å². The number of hydrogen-bond acceptors (Lipinski definition) is 3. The van der Waals surface area contributed by atoms with Crippen LogP contribution in [0.25, 0.3) is 11.1 Å². The third-order valence-corrected chi connectivity index (χ3v) is 4.64. The zero-order valence-electron chi connectivity index (χ0n) is 15.5. The first-order valence-corrected chi connectivity index (χ1v) is 9.00. The van der Waals surface area contributed by atoms with Crippen LogP contribution in [-0.4, -0.2) is 20.8 Å². The molecule has 2 N–H and O–H groups in total. The Bertz CT molecular complexity index is 974. The molecule has 27 heavy (non-hydrogen) atoms. The molecule has 0 radical (unpaired) electrons. The van der Waals surface area contributed by atoms with Gasteiger partial charge in [-0.15, -0.1) is 0 Å². The molecule has 5 nitrogen and oxygen atoms in total. The summed E-state index contributed by atoms with van der Waals surface area (Å²) in [7, 11) is 1.84. The van der Waals surface area contributed by atoms with Gasteiger partial charge in [0.1, 0.15) is 0 Å². The van der Waals surface area contributed by atoms with Gasteiger partial charge in [0.05, 0.1) is 18.2 Å². The Hall–Kier alpha value is -2.63. The summed E-state index contributed by atoms with van der Waals surface area (Å²) in [6.45, 7) is 3.43. The molecule has 3 aromatic rings. The topological polar surface area (TPSA) is 67.2 Å². The number of benzene rings is 2. The van der Waals surface area contributed by atoms with Crippen molar-refractivity contribution in [3.8, 4) is 11.1 Å². The van der Waals surface area contributed by atoms with E-state index < -0.39 is 5.60 Å². The lowest BCUT2D eigenvalue weighted by Gasteiger charge is -2.20. The number of aryl methyl sites for hydroxylation is 1. The molecule has 1 amide bonds. The molecule has 0 saturated carbocycles. The van der Waals surface area contributed by atoms with Gasteiger partial charge in [-0.2, -0.15) is 5.10 Å². The van der Waals surface area contributed by atoms with Crippen LogP contribution in [0.2, 0.25) is 5.02 Å². The van der Waals surface area contributed by atoms with Crippen LogP contribution in [0.15, 0.2) is 54.9 Å². The number of aromatic nitrogens is 2. The summed E-state index contributed by atoms with van der Waals surface area (Å²) in [5.74, 6) is -0.173. The lowest BCUT2D eigenvalue weighted by Crippen LogP contribution is -2.18. The number of aliphatic hydroxyl groups is 1. The van der Waals surface area contributed by atoms with Gasteiger partial charge >= 0.3 is 0 Å². The number of hydrogen-bond donors (Lipinski definition) is 2. The number of carbonyl (C=O) groups excluding carboxylic acids is 1. The lowest BCUT2D eigenvalue weighted by atomic mass is 9.94. The van der Waals surface area contributed by atoms with E-state index in [2.05, 4.69) is 10.4 Å². The number of nitrogens with zero attached hydrogens (tertiary/aromatic N) is 2. The Morgan fingerprint density at radius 2 is 1.96 bits per heavy atom. The van der Waals surface area contributed by atoms with Gasteiger partial charge in [-0.25, -0.2) is 0 Å². The predicted molar refractivity (Wildman–Crippen MR) is 108 cm³/mol. The smallest absolute Gasteiger partial charge is 0.228 e. The fourth-order valence-electron chi connectivity index (χ4n) is 2.81. The molecular weight excluding hydrogens is 362 g/mol. The fourth-order valence-corrected chi connectivity index (χ4v) is 3.01. The first-order chi connectivity index (χ1) is 12.7. The minimum Gasteiger partial charge on any atom is -0.386 e. The van der Waals surface area contributed by atoms with Crippen LogP contribution in [-0.2, 0) is 23.9 Å². The van der Waals surface area contributed by atoms with Gasteiger partial charge in [-0.3, -0.25) is 9.48 Å². The molecule has 3 rings (SSSR count). The van der Waals surface area contributed by atoms with E-state index >= 15 is 0 Å². The van der Waals surface area contributed by atoms with Gasteiger partial charge < -0.3 is 10.4 Å². The molecule has 0 aliphatic heterocycles. The molecule has 0 aliphatic rings. The SMILES string of the molecule is Cn1cc(-c2cc(NC(=O)Cc3ccccc3Cl)cc(C(C)(C)O)c2)cn1. The summed E-state index contributed by atoms with van der Waals surface area (Å²) < 4.78 is 1.71. The van der Waals surface area contributed by atoms with Crippen molar-refractivity contribution in [2.75, 3.05) is 5.32 Å². The van der Waals surface area contributed by atoms with Gasteiger partial charge in [-0.05, 0) is 54.8 Å². The summed E-state index contributed by atoms with van der Waals surface area (Å²) >= 11 is 6.14. The number of anilines is 1. The molecule has 0 aliphatic carbocycles. The summed E-state index contributed by atoms with van der Waals surface area (Å²) in [5.41, 5.74) is 2.83.